The van der Waals surface area contributed by atoms with Crippen LogP contribution in [0.2, 0.25) is 0 Å². The van der Waals surface area contributed by atoms with E-state index in [1.807, 2.05) is 27.7 Å². The van der Waals surface area contributed by atoms with Gasteiger partial charge in [0.25, 0.3) is 23.6 Å². The topological polar surface area (TPSA) is 292 Å². The minimum absolute atomic E-state index is 0.0435. The molecule has 0 unspecified atom stereocenters. The zero-order valence-corrected chi connectivity index (χ0v) is 38.7. The molecule has 23 nitrogen and oxygen atoms in total. The van der Waals surface area contributed by atoms with E-state index in [1.54, 1.807) is 49.8 Å². The number of methoxy groups -OCH3 is 1. The quantitative estimate of drug-likeness (QED) is 0.0371. The monoisotopic (exact) mass is 942 g/mol. The molecule has 7 amide bonds. The predicted octanol–water partition coefficient (Wildman–Crippen LogP) is 3.07. The Morgan fingerprint density at radius 1 is 0.725 bits per heavy atom. The minimum atomic E-state index is -0.757. The molecule has 0 bridgehead atoms. The Labute approximate surface area is 394 Å². The van der Waals surface area contributed by atoms with E-state index in [0.717, 1.165) is 40.7 Å². The Morgan fingerprint density at radius 3 is 1.65 bits per heavy atom. The lowest BCUT2D eigenvalue weighted by molar-refractivity contribution is -0.133. The summed E-state index contributed by atoms with van der Waals surface area (Å²) in [5, 5.41) is 14.5. The fourth-order valence-corrected chi connectivity index (χ4v) is 7.55. The van der Waals surface area contributed by atoms with Crippen molar-refractivity contribution in [3.8, 4) is 11.5 Å². The molecule has 7 rings (SSSR count). The van der Waals surface area contributed by atoms with E-state index >= 15 is 0 Å². The van der Waals surface area contributed by atoms with Gasteiger partial charge in [0.05, 0.1) is 24.8 Å². The van der Waals surface area contributed by atoms with E-state index < -0.39 is 41.4 Å². The van der Waals surface area contributed by atoms with Crippen molar-refractivity contribution in [3.63, 3.8) is 0 Å². The number of ether oxygens (including phenoxy) is 2. The predicted molar refractivity (Wildman–Crippen MR) is 251 cm³/mol. The molecule has 6 N–H and O–H groups in total. The number of fused-ring (bicyclic) bond motifs is 2. The lowest BCUT2D eigenvalue weighted by Crippen LogP contribution is -2.29. The van der Waals surface area contributed by atoms with Gasteiger partial charge in [0, 0.05) is 86.7 Å². The van der Waals surface area contributed by atoms with Crippen LogP contribution in [-0.4, -0.2) is 117 Å². The van der Waals surface area contributed by atoms with Gasteiger partial charge in [0.2, 0.25) is 29.6 Å². The zero-order valence-electron chi connectivity index (χ0n) is 38.7. The van der Waals surface area contributed by atoms with Crippen LogP contribution in [0.1, 0.15) is 73.3 Å². The Hall–Kier alpha value is -8.89. The van der Waals surface area contributed by atoms with Gasteiger partial charge in [-0.3, -0.25) is 58.5 Å². The van der Waals surface area contributed by atoms with Gasteiger partial charge in [0.15, 0.2) is 11.4 Å². The van der Waals surface area contributed by atoms with Crippen molar-refractivity contribution in [2.75, 3.05) is 37.9 Å². The molecule has 0 radical (unpaired) electrons. The summed E-state index contributed by atoms with van der Waals surface area (Å²) < 4.78 is 18.7. The van der Waals surface area contributed by atoms with Crippen molar-refractivity contribution in [2.45, 2.75) is 60.3 Å². The highest BCUT2D eigenvalue weighted by atomic mass is 16.5. The highest BCUT2D eigenvalue weighted by Gasteiger charge is 2.24. The molecule has 1 aliphatic rings. The standard InChI is InChI=1S/C46H50N14O9/c1-7-59-26(3)20-32(53-59)43(66)51-45-49-30-22-28(41(47)64)24-34(68-6)39(30)57(45)16-9-10-17-58-40-31(50-46(58)52-44(67)33-21-27(4)60(8-2)54-33)23-29(42(48)65)25-35(40)69-19-11-15-55(5)36(61)14-18-56-37(62)12-13-38(56)63/h9-10,12-14,18,20-25H,7-8,11,15-17,19H2,1-6H3,(H2,47,64)(H2,48,65)(H,49,51,66)(H,50,52,67)/b10-9+,18-14+. The first-order valence-corrected chi connectivity index (χ1v) is 21.7. The second kappa shape index (κ2) is 20.3. The second-order valence-electron chi connectivity index (χ2n) is 15.7. The number of nitrogens with one attached hydrogen (secondary N) is 2. The summed E-state index contributed by atoms with van der Waals surface area (Å²) in [6.07, 6.45) is 8.32. The zero-order chi connectivity index (χ0) is 49.7. The van der Waals surface area contributed by atoms with Crippen molar-refractivity contribution in [1.82, 2.24) is 48.5 Å². The van der Waals surface area contributed by atoms with Crippen LogP contribution in [0, 0.1) is 13.8 Å². The number of carbonyl (C=O) groups excluding carboxylic acids is 7. The molecular formula is C46H50N14O9. The summed E-state index contributed by atoms with van der Waals surface area (Å²) in [6.45, 7) is 8.99. The number of amides is 7. The number of imide groups is 1. The van der Waals surface area contributed by atoms with Gasteiger partial charge in [-0.1, -0.05) is 12.2 Å². The number of allylic oxidation sites excluding steroid dienone is 2. The van der Waals surface area contributed by atoms with Crippen molar-refractivity contribution in [3.05, 3.63) is 107 Å². The molecule has 4 aromatic heterocycles. The molecule has 358 valence electrons. The van der Waals surface area contributed by atoms with Gasteiger partial charge in [-0.05, 0) is 70.5 Å². The largest absolute Gasteiger partial charge is 0.494 e. The Bertz CT molecular complexity index is 3130. The Balaban J connectivity index is 1.20. The van der Waals surface area contributed by atoms with Crippen LogP contribution in [0.5, 0.6) is 11.5 Å². The maximum atomic E-state index is 13.7. The number of carbonyl (C=O) groups is 7. The molecule has 0 saturated carbocycles. The van der Waals surface area contributed by atoms with Crippen molar-refractivity contribution >= 4 is 75.3 Å². The first kappa shape index (κ1) is 48.1. The van der Waals surface area contributed by atoms with Crippen molar-refractivity contribution < 1.29 is 43.0 Å². The maximum Gasteiger partial charge on any atom is 0.278 e. The molecule has 0 atom stereocenters. The summed E-state index contributed by atoms with van der Waals surface area (Å²) in [6, 6.07) is 9.23. The molecule has 69 heavy (non-hydrogen) atoms. The van der Waals surface area contributed by atoms with Gasteiger partial charge in [-0.25, -0.2) is 9.97 Å². The van der Waals surface area contributed by atoms with Crippen molar-refractivity contribution in [1.29, 1.82) is 0 Å². The molecule has 0 saturated heterocycles. The molecule has 0 spiro atoms. The third kappa shape index (κ3) is 10.3. The van der Waals surface area contributed by atoms with Gasteiger partial charge in [-0.2, -0.15) is 10.2 Å². The lowest BCUT2D eigenvalue weighted by Gasteiger charge is -2.17. The second-order valence-corrected chi connectivity index (χ2v) is 15.7. The smallest absolute Gasteiger partial charge is 0.278 e. The number of likely N-dealkylation sites (N-methyl/N-ethyl adjacent to an activating group) is 1. The third-order valence-electron chi connectivity index (χ3n) is 11.1. The number of nitrogens with two attached hydrogens (primary N) is 2. The van der Waals surface area contributed by atoms with Gasteiger partial charge >= 0.3 is 0 Å². The number of hydrogen-bond acceptors (Lipinski definition) is 13. The normalized spacial score (nSPS) is 12.6. The highest BCUT2D eigenvalue weighted by molar-refractivity contribution is 6.14. The lowest BCUT2D eigenvalue weighted by atomic mass is 10.1. The number of benzene rings is 2. The Kier molecular flexibility index (Phi) is 14.2. The summed E-state index contributed by atoms with van der Waals surface area (Å²) in [5.41, 5.74) is 14.9. The fourth-order valence-electron chi connectivity index (χ4n) is 7.55. The first-order valence-electron chi connectivity index (χ1n) is 21.7. The van der Waals surface area contributed by atoms with Gasteiger partial charge in [-0.15, -0.1) is 0 Å². The summed E-state index contributed by atoms with van der Waals surface area (Å²) in [7, 11) is 2.98. The first-order chi connectivity index (χ1) is 33.0. The Morgan fingerprint density at radius 2 is 1.20 bits per heavy atom. The molecule has 0 aliphatic carbocycles. The van der Waals surface area contributed by atoms with E-state index in [4.69, 9.17) is 25.9 Å². The number of rotatable bonds is 20. The number of aromatic nitrogens is 8. The average Bonchev–Trinajstić information content (AvgIpc) is 4.14. The van der Waals surface area contributed by atoms with Gasteiger partial charge in [0.1, 0.15) is 22.5 Å². The van der Waals surface area contributed by atoms with Crippen LogP contribution in [0.3, 0.4) is 0 Å². The van der Waals surface area contributed by atoms with Crippen LogP contribution in [0.25, 0.3) is 22.1 Å². The molecule has 2 aromatic carbocycles. The van der Waals surface area contributed by atoms with Crippen molar-refractivity contribution in [2.24, 2.45) is 11.5 Å². The number of anilines is 2. The SMILES string of the molecule is CCn1nc(C(=O)Nc2nc3cc(C(N)=O)cc(OC)c3n2C/C=C/Cn2c(NC(=O)c3cc(C)n(CC)n3)nc3cc(C(N)=O)cc(OCCCN(C)C(=O)/C=C/N4C(=O)C=CC4=O)c32)cc1C. The molecule has 0 fully saturated rings. The number of nitrogens with zero attached hydrogens (tertiary/aromatic N) is 10. The van der Waals surface area contributed by atoms with E-state index in [0.29, 0.717) is 36.1 Å². The van der Waals surface area contributed by atoms with E-state index in [9.17, 15) is 33.6 Å². The number of primary amides is 2. The minimum Gasteiger partial charge on any atom is -0.494 e. The van der Waals surface area contributed by atoms with Crippen LogP contribution in [0.4, 0.5) is 11.9 Å². The molecule has 23 heteroatoms. The summed E-state index contributed by atoms with van der Waals surface area (Å²) in [4.78, 5) is 100. The van der Waals surface area contributed by atoms with Crippen LogP contribution in [-0.2, 0) is 40.6 Å². The highest BCUT2D eigenvalue weighted by Crippen LogP contribution is 2.33. The fraction of sp³-hybridized carbons (Fsp3) is 0.283. The summed E-state index contributed by atoms with van der Waals surface area (Å²) >= 11 is 0. The maximum absolute atomic E-state index is 13.7. The summed E-state index contributed by atoms with van der Waals surface area (Å²) in [5.74, 6) is -3.43. The van der Waals surface area contributed by atoms with Gasteiger partial charge < -0.3 is 35.0 Å². The number of hydrogen-bond donors (Lipinski definition) is 4. The molecular weight excluding hydrogens is 893 g/mol. The molecule has 6 aromatic rings. The average molecular weight is 943 g/mol. The number of aryl methyl sites for hydroxylation is 4. The van der Waals surface area contributed by atoms with Crippen LogP contribution >= 0.6 is 0 Å². The number of imidazole rings is 2. The van der Waals surface area contributed by atoms with E-state index in [1.165, 1.54) is 36.3 Å². The third-order valence-corrected chi connectivity index (χ3v) is 11.1. The molecule has 1 aliphatic heterocycles. The molecule has 5 heterocycles. The van der Waals surface area contributed by atoms with E-state index in [2.05, 4.69) is 25.8 Å². The van der Waals surface area contributed by atoms with E-state index in [-0.39, 0.29) is 77.7 Å². The van der Waals surface area contributed by atoms with Crippen LogP contribution in [0.15, 0.2) is 73.0 Å². The van der Waals surface area contributed by atoms with Crippen LogP contribution < -0.4 is 31.6 Å².